The maximum absolute atomic E-state index is 9.12. The van der Waals surface area contributed by atoms with Gasteiger partial charge in [0.15, 0.2) is 0 Å². The molecule has 14 heavy (non-hydrogen) atoms. The lowest BCUT2D eigenvalue weighted by atomic mass is 9.89. The van der Waals surface area contributed by atoms with Gasteiger partial charge < -0.3 is 10.4 Å². The van der Waals surface area contributed by atoms with Crippen molar-refractivity contribution in [1.82, 2.24) is 15.1 Å². The van der Waals surface area contributed by atoms with Crippen molar-refractivity contribution in [2.24, 2.45) is 7.05 Å². The number of aliphatic hydroxyl groups is 1. The average molecular weight is 195 g/mol. The van der Waals surface area contributed by atoms with Gasteiger partial charge in [-0.2, -0.15) is 5.10 Å². The van der Waals surface area contributed by atoms with E-state index in [4.69, 9.17) is 5.11 Å². The van der Waals surface area contributed by atoms with Gasteiger partial charge in [-0.05, 0) is 25.8 Å². The lowest BCUT2D eigenvalue weighted by Crippen LogP contribution is -2.43. The van der Waals surface area contributed by atoms with Gasteiger partial charge >= 0.3 is 0 Å². The molecule has 0 aromatic carbocycles. The lowest BCUT2D eigenvalue weighted by molar-refractivity contribution is 0.0617. The summed E-state index contributed by atoms with van der Waals surface area (Å²) in [4.78, 5) is 0. The van der Waals surface area contributed by atoms with Gasteiger partial charge in [-0.25, -0.2) is 0 Å². The molecule has 1 aromatic rings. The van der Waals surface area contributed by atoms with Gasteiger partial charge in [0.05, 0.1) is 17.5 Å². The summed E-state index contributed by atoms with van der Waals surface area (Å²) in [6.45, 7) is 2.84. The van der Waals surface area contributed by atoms with E-state index in [2.05, 4.69) is 16.5 Å². The zero-order valence-electron chi connectivity index (χ0n) is 8.70. The van der Waals surface area contributed by atoms with Crippen LogP contribution < -0.4 is 5.32 Å². The molecule has 78 valence electrons. The van der Waals surface area contributed by atoms with Crippen LogP contribution in [0.25, 0.3) is 0 Å². The number of hydrogen-bond donors (Lipinski definition) is 2. The Kier molecular flexibility index (Phi) is 2.56. The largest absolute Gasteiger partial charge is 0.393 e. The van der Waals surface area contributed by atoms with Crippen LogP contribution in [0.5, 0.6) is 0 Å². The van der Waals surface area contributed by atoms with Gasteiger partial charge in [0.25, 0.3) is 0 Å². The Morgan fingerprint density at radius 1 is 1.64 bits per heavy atom. The summed E-state index contributed by atoms with van der Waals surface area (Å²) in [6, 6.07) is 2.57. The molecule has 2 N–H and O–H groups in total. The van der Waals surface area contributed by atoms with E-state index < -0.39 is 0 Å². The monoisotopic (exact) mass is 195 g/mol. The quantitative estimate of drug-likeness (QED) is 0.731. The third kappa shape index (κ3) is 1.96. The predicted octanol–water partition coefficient (Wildman–Crippen LogP) is 0.341. The van der Waals surface area contributed by atoms with Crippen LogP contribution in [0, 0.1) is 6.92 Å². The number of aryl methyl sites for hydroxylation is 2. The van der Waals surface area contributed by atoms with Crippen molar-refractivity contribution in [2.45, 2.75) is 38.5 Å². The lowest BCUT2D eigenvalue weighted by Gasteiger charge is -2.32. The van der Waals surface area contributed by atoms with Gasteiger partial charge in [0, 0.05) is 19.6 Å². The summed E-state index contributed by atoms with van der Waals surface area (Å²) in [5.74, 6) is 0. The molecule has 0 radical (unpaired) electrons. The van der Waals surface area contributed by atoms with Gasteiger partial charge in [-0.1, -0.05) is 0 Å². The third-order valence-electron chi connectivity index (χ3n) is 2.78. The van der Waals surface area contributed by atoms with Crippen molar-refractivity contribution < 1.29 is 5.11 Å². The van der Waals surface area contributed by atoms with E-state index in [9.17, 15) is 0 Å². The number of aliphatic hydroxyl groups excluding tert-OH is 1. The summed E-state index contributed by atoms with van der Waals surface area (Å²) in [7, 11) is 1.96. The Hall–Kier alpha value is -0.870. The van der Waals surface area contributed by atoms with Crippen LogP contribution in [0.1, 0.15) is 24.2 Å². The van der Waals surface area contributed by atoms with E-state index in [1.54, 1.807) is 0 Å². The number of rotatable bonds is 3. The summed E-state index contributed by atoms with van der Waals surface area (Å²) in [6.07, 6.45) is 1.69. The molecule has 0 aliphatic heterocycles. The summed E-state index contributed by atoms with van der Waals surface area (Å²) >= 11 is 0. The Labute approximate surface area is 83.9 Å². The molecule has 0 unspecified atom stereocenters. The van der Waals surface area contributed by atoms with Gasteiger partial charge in [0.2, 0.25) is 0 Å². The Morgan fingerprint density at radius 2 is 2.36 bits per heavy atom. The van der Waals surface area contributed by atoms with Crippen LogP contribution in [0.3, 0.4) is 0 Å². The summed E-state index contributed by atoms with van der Waals surface area (Å²) in [5, 5.41) is 16.8. The second-order valence-corrected chi connectivity index (χ2v) is 4.10. The van der Waals surface area contributed by atoms with E-state index in [1.807, 2.05) is 18.7 Å². The van der Waals surface area contributed by atoms with Crippen molar-refractivity contribution in [3.8, 4) is 0 Å². The first kappa shape index (κ1) is 9.68. The van der Waals surface area contributed by atoms with Crippen LogP contribution in [-0.2, 0) is 13.6 Å². The molecule has 0 bridgehead atoms. The molecule has 0 spiro atoms. The normalized spacial score (nSPS) is 26.2. The summed E-state index contributed by atoms with van der Waals surface area (Å²) in [5.41, 5.74) is 2.25. The highest BCUT2D eigenvalue weighted by Gasteiger charge is 2.26. The van der Waals surface area contributed by atoms with Crippen LogP contribution >= 0.6 is 0 Å². The first-order valence-corrected chi connectivity index (χ1v) is 5.06. The van der Waals surface area contributed by atoms with Crippen molar-refractivity contribution in [2.75, 3.05) is 0 Å². The Bertz CT molecular complexity index is 315. The van der Waals surface area contributed by atoms with E-state index in [0.29, 0.717) is 6.04 Å². The standard InChI is InChI=1S/C10H17N3O/c1-7-3-9(13(2)12-7)6-11-8-4-10(14)5-8/h3,8,10-11,14H,4-6H2,1-2H3. The first-order chi connectivity index (χ1) is 6.65. The SMILES string of the molecule is Cc1cc(CNC2CC(O)C2)n(C)n1. The summed E-state index contributed by atoms with van der Waals surface area (Å²) < 4.78 is 1.90. The van der Waals surface area contributed by atoms with E-state index in [-0.39, 0.29) is 6.10 Å². The fourth-order valence-electron chi connectivity index (χ4n) is 1.83. The van der Waals surface area contributed by atoms with Gasteiger partial charge in [-0.15, -0.1) is 0 Å². The van der Waals surface area contributed by atoms with Crippen molar-refractivity contribution in [3.05, 3.63) is 17.5 Å². The smallest absolute Gasteiger partial charge is 0.0597 e. The van der Waals surface area contributed by atoms with E-state index in [0.717, 1.165) is 25.1 Å². The van der Waals surface area contributed by atoms with Crippen molar-refractivity contribution in [1.29, 1.82) is 0 Å². The van der Waals surface area contributed by atoms with E-state index in [1.165, 1.54) is 5.69 Å². The second-order valence-electron chi connectivity index (χ2n) is 4.10. The Morgan fingerprint density at radius 3 is 2.86 bits per heavy atom. The molecule has 1 heterocycles. The fourth-order valence-corrected chi connectivity index (χ4v) is 1.83. The molecule has 2 rings (SSSR count). The molecule has 0 amide bonds. The van der Waals surface area contributed by atoms with Crippen LogP contribution in [0.2, 0.25) is 0 Å². The number of hydrogen-bond acceptors (Lipinski definition) is 3. The molecule has 1 aliphatic carbocycles. The molecular weight excluding hydrogens is 178 g/mol. The van der Waals surface area contributed by atoms with Crippen molar-refractivity contribution >= 4 is 0 Å². The molecule has 1 fully saturated rings. The van der Waals surface area contributed by atoms with Crippen molar-refractivity contribution in [3.63, 3.8) is 0 Å². The zero-order valence-corrected chi connectivity index (χ0v) is 8.70. The van der Waals surface area contributed by atoms with Gasteiger partial charge in [0.1, 0.15) is 0 Å². The molecule has 4 heteroatoms. The second kappa shape index (κ2) is 3.71. The highest BCUT2D eigenvalue weighted by atomic mass is 16.3. The maximum atomic E-state index is 9.12. The maximum Gasteiger partial charge on any atom is 0.0597 e. The minimum atomic E-state index is -0.0826. The molecule has 0 atom stereocenters. The van der Waals surface area contributed by atoms with Crippen LogP contribution in [-0.4, -0.2) is 27.0 Å². The molecule has 1 saturated carbocycles. The number of aromatic nitrogens is 2. The van der Waals surface area contributed by atoms with Gasteiger partial charge in [-0.3, -0.25) is 4.68 Å². The highest BCUT2D eigenvalue weighted by molar-refractivity contribution is 5.08. The predicted molar refractivity (Wildman–Crippen MR) is 53.8 cm³/mol. The average Bonchev–Trinajstić information content (AvgIpc) is 2.37. The minimum absolute atomic E-state index is 0.0826. The Balaban J connectivity index is 1.83. The van der Waals surface area contributed by atoms with E-state index >= 15 is 0 Å². The third-order valence-corrected chi connectivity index (χ3v) is 2.78. The van der Waals surface area contributed by atoms with Crippen LogP contribution in [0.4, 0.5) is 0 Å². The fraction of sp³-hybridized carbons (Fsp3) is 0.700. The molecule has 1 aromatic heterocycles. The molecule has 0 saturated heterocycles. The van der Waals surface area contributed by atoms with Crippen LogP contribution in [0.15, 0.2) is 6.07 Å². The minimum Gasteiger partial charge on any atom is -0.393 e. The first-order valence-electron chi connectivity index (χ1n) is 5.06. The number of nitrogens with zero attached hydrogens (tertiary/aromatic N) is 2. The topological polar surface area (TPSA) is 50.1 Å². The molecule has 1 aliphatic rings. The molecular formula is C10H17N3O. The zero-order chi connectivity index (χ0) is 10.1. The highest BCUT2D eigenvalue weighted by Crippen LogP contribution is 2.19. The molecule has 4 nitrogen and oxygen atoms in total. The number of nitrogens with one attached hydrogen (secondary N) is 1.